The molecule has 0 amide bonds. The summed E-state index contributed by atoms with van der Waals surface area (Å²) in [6, 6.07) is 0.632. The van der Waals surface area contributed by atoms with Crippen LogP contribution in [0.1, 0.15) is 32.6 Å². The smallest absolute Gasteiger partial charge is 0.308 e. The molecule has 1 rings (SSSR count). The van der Waals surface area contributed by atoms with Crippen molar-refractivity contribution in [3.8, 4) is 0 Å². The number of nitrogens with one attached hydrogen (secondary N) is 1. The molecular formula is C10H19NO2. The number of esters is 1. The largest absolute Gasteiger partial charge is 0.469 e. The van der Waals surface area contributed by atoms with Crippen molar-refractivity contribution >= 4 is 5.97 Å². The summed E-state index contributed by atoms with van der Waals surface area (Å²) in [5.74, 6) is -0.0367. The molecule has 2 unspecified atom stereocenters. The number of hydrogen-bond acceptors (Lipinski definition) is 3. The first kappa shape index (κ1) is 10.5. The van der Waals surface area contributed by atoms with E-state index in [2.05, 4.69) is 10.1 Å². The van der Waals surface area contributed by atoms with Gasteiger partial charge in [0.05, 0.1) is 13.0 Å². The third-order valence-electron chi connectivity index (χ3n) is 2.71. The first-order valence-electron chi connectivity index (χ1n) is 5.05. The van der Waals surface area contributed by atoms with Crippen molar-refractivity contribution in [2.24, 2.45) is 5.92 Å². The van der Waals surface area contributed by atoms with Crippen molar-refractivity contribution in [3.63, 3.8) is 0 Å². The van der Waals surface area contributed by atoms with Crippen LogP contribution in [-0.2, 0) is 9.53 Å². The van der Waals surface area contributed by atoms with Crippen molar-refractivity contribution in [1.82, 2.24) is 5.32 Å². The molecule has 1 saturated heterocycles. The van der Waals surface area contributed by atoms with E-state index >= 15 is 0 Å². The van der Waals surface area contributed by atoms with Crippen molar-refractivity contribution in [2.75, 3.05) is 13.7 Å². The van der Waals surface area contributed by atoms with Crippen LogP contribution in [0.2, 0.25) is 0 Å². The lowest BCUT2D eigenvalue weighted by Crippen LogP contribution is -2.23. The Balaban J connectivity index is 2.13. The van der Waals surface area contributed by atoms with Crippen LogP contribution in [0.25, 0.3) is 0 Å². The zero-order chi connectivity index (χ0) is 9.68. The first-order chi connectivity index (χ1) is 6.24. The Bertz CT molecular complexity index is 164. The molecule has 1 aliphatic heterocycles. The van der Waals surface area contributed by atoms with Crippen LogP contribution in [0.5, 0.6) is 0 Å². The molecule has 1 fully saturated rings. The van der Waals surface area contributed by atoms with E-state index in [1.54, 1.807) is 0 Å². The Hall–Kier alpha value is -0.570. The molecule has 0 aliphatic carbocycles. The van der Waals surface area contributed by atoms with E-state index in [-0.39, 0.29) is 11.9 Å². The highest BCUT2D eigenvalue weighted by Crippen LogP contribution is 2.15. The van der Waals surface area contributed by atoms with Gasteiger partial charge in [-0.15, -0.1) is 0 Å². The fourth-order valence-corrected chi connectivity index (χ4v) is 1.77. The van der Waals surface area contributed by atoms with E-state index in [0.29, 0.717) is 6.04 Å². The predicted molar refractivity (Wildman–Crippen MR) is 51.4 cm³/mol. The normalized spacial score (nSPS) is 24.3. The Morgan fingerprint density at radius 2 is 2.46 bits per heavy atom. The molecular weight excluding hydrogens is 166 g/mol. The van der Waals surface area contributed by atoms with Gasteiger partial charge in [0.2, 0.25) is 0 Å². The van der Waals surface area contributed by atoms with E-state index in [0.717, 1.165) is 19.4 Å². The number of rotatable bonds is 4. The van der Waals surface area contributed by atoms with Crippen LogP contribution in [0.15, 0.2) is 0 Å². The van der Waals surface area contributed by atoms with Crippen LogP contribution >= 0.6 is 0 Å². The van der Waals surface area contributed by atoms with Crippen LogP contribution in [0, 0.1) is 5.92 Å². The van der Waals surface area contributed by atoms with E-state index in [9.17, 15) is 4.79 Å². The SMILES string of the molecule is COC(=O)C(C)CCC1CCCN1. The Morgan fingerprint density at radius 3 is 3.00 bits per heavy atom. The Labute approximate surface area is 79.8 Å². The Kier molecular flexibility index (Phi) is 4.22. The predicted octanol–water partition coefficient (Wildman–Crippen LogP) is 1.33. The summed E-state index contributed by atoms with van der Waals surface area (Å²) in [7, 11) is 1.45. The molecule has 0 aromatic heterocycles. The molecule has 3 nitrogen and oxygen atoms in total. The average Bonchev–Trinajstić information content (AvgIpc) is 2.65. The number of ether oxygens (including phenoxy) is 1. The molecule has 0 saturated carbocycles. The van der Waals surface area contributed by atoms with Gasteiger partial charge in [0, 0.05) is 6.04 Å². The maximum absolute atomic E-state index is 11.1. The van der Waals surface area contributed by atoms with Crippen LogP contribution in [-0.4, -0.2) is 25.7 Å². The standard InChI is InChI=1S/C10H19NO2/c1-8(10(12)13-2)5-6-9-4-3-7-11-9/h8-9,11H,3-7H2,1-2H3. The summed E-state index contributed by atoms with van der Waals surface area (Å²) >= 11 is 0. The molecule has 1 aliphatic rings. The highest BCUT2D eigenvalue weighted by Gasteiger charge is 2.18. The van der Waals surface area contributed by atoms with Gasteiger partial charge >= 0.3 is 5.97 Å². The summed E-state index contributed by atoms with van der Waals surface area (Å²) in [4.78, 5) is 11.1. The van der Waals surface area contributed by atoms with Crippen molar-refractivity contribution in [2.45, 2.75) is 38.6 Å². The zero-order valence-corrected chi connectivity index (χ0v) is 8.51. The number of carbonyl (C=O) groups excluding carboxylic acids is 1. The third-order valence-corrected chi connectivity index (χ3v) is 2.71. The molecule has 0 radical (unpaired) electrons. The number of methoxy groups -OCH3 is 1. The molecule has 1 heterocycles. The quantitative estimate of drug-likeness (QED) is 0.671. The lowest BCUT2D eigenvalue weighted by atomic mass is 10.0. The molecule has 1 N–H and O–H groups in total. The zero-order valence-electron chi connectivity index (χ0n) is 8.51. The molecule has 0 aromatic rings. The minimum absolute atomic E-state index is 0.0485. The van der Waals surface area contributed by atoms with Gasteiger partial charge in [-0.3, -0.25) is 4.79 Å². The molecule has 2 atom stereocenters. The highest BCUT2D eigenvalue weighted by atomic mass is 16.5. The van der Waals surface area contributed by atoms with E-state index < -0.39 is 0 Å². The van der Waals surface area contributed by atoms with Crippen molar-refractivity contribution in [3.05, 3.63) is 0 Å². The Morgan fingerprint density at radius 1 is 1.69 bits per heavy atom. The van der Waals surface area contributed by atoms with Gasteiger partial charge in [-0.05, 0) is 32.2 Å². The molecule has 3 heteroatoms. The molecule has 76 valence electrons. The molecule has 13 heavy (non-hydrogen) atoms. The summed E-state index contributed by atoms with van der Waals surface area (Å²) < 4.78 is 4.67. The maximum Gasteiger partial charge on any atom is 0.308 e. The second-order valence-electron chi connectivity index (χ2n) is 3.79. The van der Waals surface area contributed by atoms with Crippen molar-refractivity contribution < 1.29 is 9.53 Å². The molecule has 0 spiro atoms. The fraction of sp³-hybridized carbons (Fsp3) is 0.900. The second kappa shape index (κ2) is 5.22. The average molecular weight is 185 g/mol. The van der Waals surface area contributed by atoms with E-state index in [1.807, 2.05) is 6.92 Å². The topological polar surface area (TPSA) is 38.3 Å². The molecule has 0 aromatic carbocycles. The maximum atomic E-state index is 11.1. The summed E-state index contributed by atoms with van der Waals surface area (Å²) in [6.45, 7) is 3.07. The second-order valence-corrected chi connectivity index (χ2v) is 3.79. The lowest BCUT2D eigenvalue weighted by molar-refractivity contribution is -0.145. The minimum atomic E-state index is -0.0852. The third kappa shape index (κ3) is 3.35. The van der Waals surface area contributed by atoms with Gasteiger partial charge in [-0.1, -0.05) is 6.92 Å². The monoisotopic (exact) mass is 185 g/mol. The van der Waals surface area contributed by atoms with Crippen LogP contribution in [0.3, 0.4) is 0 Å². The van der Waals surface area contributed by atoms with Crippen LogP contribution in [0.4, 0.5) is 0 Å². The van der Waals surface area contributed by atoms with E-state index in [4.69, 9.17) is 0 Å². The first-order valence-corrected chi connectivity index (χ1v) is 5.05. The van der Waals surface area contributed by atoms with Gasteiger partial charge in [0.15, 0.2) is 0 Å². The van der Waals surface area contributed by atoms with Gasteiger partial charge in [-0.2, -0.15) is 0 Å². The van der Waals surface area contributed by atoms with E-state index in [1.165, 1.54) is 20.0 Å². The molecule has 0 bridgehead atoms. The van der Waals surface area contributed by atoms with Gasteiger partial charge in [0.1, 0.15) is 0 Å². The lowest BCUT2D eigenvalue weighted by Gasteiger charge is -2.12. The summed E-state index contributed by atoms with van der Waals surface area (Å²) in [5.41, 5.74) is 0. The number of carbonyl (C=O) groups is 1. The van der Waals surface area contributed by atoms with Gasteiger partial charge in [-0.25, -0.2) is 0 Å². The fourth-order valence-electron chi connectivity index (χ4n) is 1.77. The number of hydrogen-bond donors (Lipinski definition) is 1. The highest BCUT2D eigenvalue weighted by molar-refractivity contribution is 5.71. The van der Waals surface area contributed by atoms with Gasteiger partial charge in [0.25, 0.3) is 0 Å². The van der Waals surface area contributed by atoms with Crippen LogP contribution < -0.4 is 5.32 Å². The van der Waals surface area contributed by atoms with Crippen molar-refractivity contribution in [1.29, 1.82) is 0 Å². The summed E-state index contributed by atoms with van der Waals surface area (Å²) in [5, 5.41) is 3.42. The minimum Gasteiger partial charge on any atom is -0.469 e. The summed E-state index contributed by atoms with van der Waals surface area (Å²) in [6.07, 6.45) is 4.56. The van der Waals surface area contributed by atoms with Gasteiger partial charge < -0.3 is 10.1 Å².